The van der Waals surface area contributed by atoms with E-state index in [0.29, 0.717) is 52.4 Å². The number of pyridine rings is 1. The number of carbonyl (C=O) groups excluding carboxylic acids is 1. The number of anilines is 1. The van der Waals surface area contributed by atoms with Crippen LogP contribution in [0, 0.1) is 5.82 Å². The first-order valence-corrected chi connectivity index (χ1v) is 16.4. The van der Waals surface area contributed by atoms with E-state index in [0.717, 1.165) is 55.3 Å². The van der Waals surface area contributed by atoms with Gasteiger partial charge < -0.3 is 28.2 Å². The van der Waals surface area contributed by atoms with E-state index >= 15 is 0 Å². The monoisotopic (exact) mass is 673 g/mol. The Hall–Kier alpha value is -4.68. The molecular weight excluding hydrogens is 637 g/mol. The lowest BCUT2D eigenvalue weighted by Crippen LogP contribution is -2.64. The van der Waals surface area contributed by atoms with E-state index in [1.165, 1.54) is 13.2 Å². The van der Waals surface area contributed by atoms with Crippen molar-refractivity contribution in [3.05, 3.63) is 94.5 Å². The minimum Gasteiger partial charge on any atom is -0.494 e. The number of imidazole rings is 2. The predicted octanol–water partition coefficient (Wildman–Crippen LogP) is 5.72. The van der Waals surface area contributed by atoms with Crippen LogP contribution in [0.2, 0.25) is 5.02 Å². The Bertz CT molecular complexity index is 1960. The quantitative estimate of drug-likeness (QED) is 0.163. The molecule has 0 amide bonds. The Kier molecular flexibility index (Phi) is 8.93. The minimum absolute atomic E-state index is 0.0608. The van der Waals surface area contributed by atoms with Crippen molar-refractivity contribution in [3.8, 4) is 11.6 Å². The van der Waals surface area contributed by atoms with Crippen LogP contribution < -0.4 is 14.4 Å². The van der Waals surface area contributed by atoms with Crippen LogP contribution in [0.1, 0.15) is 47.2 Å². The van der Waals surface area contributed by atoms with Crippen molar-refractivity contribution < 1.29 is 23.4 Å². The molecule has 1 aliphatic carbocycles. The van der Waals surface area contributed by atoms with Gasteiger partial charge in [-0.05, 0) is 50.1 Å². The molecule has 1 aliphatic heterocycles. The van der Waals surface area contributed by atoms with Gasteiger partial charge in [0, 0.05) is 54.6 Å². The molecule has 3 aromatic heterocycles. The SMILES string of the molecule is CCn1cncc1Cn1c(CN2CCN(c3cccc(OCc4ccc(Cl)cc4F)n3)[C@@H]3CC[C@H]32)nc2c(OC)cc(C(=O)OC)cc21. The maximum Gasteiger partial charge on any atom is 0.338 e. The van der Waals surface area contributed by atoms with Crippen LogP contribution in [0.5, 0.6) is 11.6 Å². The van der Waals surface area contributed by atoms with Crippen LogP contribution in [0.15, 0.2) is 61.1 Å². The van der Waals surface area contributed by atoms with E-state index in [9.17, 15) is 9.18 Å². The van der Waals surface area contributed by atoms with Crippen molar-refractivity contribution in [1.29, 1.82) is 0 Å². The highest BCUT2D eigenvalue weighted by molar-refractivity contribution is 6.30. The van der Waals surface area contributed by atoms with Gasteiger partial charge in [0.25, 0.3) is 0 Å². The molecule has 2 aliphatic rings. The molecule has 11 nitrogen and oxygen atoms in total. The van der Waals surface area contributed by atoms with Crippen molar-refractivity contribution in [3.63, 3.8) is 0 Å². The largest absolute Gasteiger partial charge is 0.494 e. The first-order valence-electron chi connectivity index (χ1n) is 16.1. The summed E-state index contributed by atoms with van der Waals surface area (Å²) in [6.45, 7) is 5.70. The maximum atomic E-state index is 14.3. The second-order valence-corrected chi connectivity index (χ2v) is 12.5. The van der Waals surface area contributed by atoms with Gasteiger partial charge in [-0.2, -0.15) is 4.98 Å². The molecule has 2 fully saturated rings. The van der Waals surface area contributed by atoms with Crippen molar-refractivity contribution >= 4 is 34.4 Å². The van der Waals surface area contributed by atoms with E-state index < -0.39 is 11.8 Å². The summed E-state index contributed by atoms with van der Waals surface area (Å²) in [6.07, 6.45) is 5.81. The molecule has 0 radical (unpaired) electrons. The predicted molar refractivity (Wildman–Crippen MR) is 179 cm³/mol. The zero-order valence-corrected chi connectivity index (χ0v) is 27.9. The molecule has 1 saturated carbocycles. The number of piperazine rings is 1. The summed E-state index contributed by atoms with van der Waals surface area (Å²) in [4.78, 5) is 31.7. The van der Waals surface area contributed by atoms with E-state index in [2.05, 4.69) is 30.8 Å². The second kappa shape index (κ2) is 13.4. The lowest BCUT2D eigenvalue weighted by atomic mass is 9.81. The summed E-state index contributed by atoms with van der Waals surface area (Å²) < 4.78 is 35.2. The summed E-state index contributed by atoms with van der Waals surface area (Å²) in [7, 11) is 2.96. The topological polar surface area (TPSA) is 99.8 Å². The Balaban J connectivity index is 1.13. The highest BCUT2D eigenvalue weighted by Crippen LogP contribution is 2.38. The van der Waals surface area contributed by atoms with E-state index in [1.807, 2.05) is 30.7 Å². The molecule has 4 heterocycles. The average Bonchev–Trinajstić information content (AvgIpc) is 3.68. The molecule has 250 valence electrons. The number of aryl methyl sites for hydroxylation is 1. The number of esters is 1. The number of methoxy groups -OCH3 is 2. The standard InChI is InChI=1S/C35H37ClFN7O4/c1-4-41-21-38-17-25(41)18-44-29-14-23(35(45)47-3)15-30(46-2)34(29)40-32(44)19-42-12-13-43(28-11-10-27(28)42)31-6-5-7-33(39-31)48-20-22-8-9-24(36)16-26(22)37/h5-9,14-17,21,27-28H,4,10-13,18-20H2,1-3H3/t27-,28-/m1/s1. The van der Waals surface area contributed by atoms with Crippen molar-refractivity contribution in [2.24, 2.45) is 0 Å². The van der Waals surface area contributed by atoms with Gasteiger partial charge in [-0.1, -0.05) is 23.7 Å². The number of hydrogen-bond acceptors (Lipinski definition) is 9. The molecule has 0 N–H and O–H groups in total. The Labute approximate surface area is 282 Å². The molecule has 2 aromatic carbocycles. The number of fused-ring (bicyclic) bond motifs is 2. The highest BCUT2D eigenvalue weighted by atomic mass is 35.5. The Morgan fingerprint density at radius 3 is 2.65 bits per heavy atom. The van der Waals surface area contributed by atoms with E-state index in [4.69, 9.17) is 35.8 Å². The fourth-order valence-corrected chi connectivity index (χ4v) is 6.93. The summed E-state index contributed by atoms with van der Waals surface area (Å²) in [5.74, 6) is 1.86. The number of rotatable bonds is 11. The first kappa shape index (κ1) is 31.9. The van der Waals surface area contributed by atoms with Crippen molar-refractivity contribution in [1.82, 2.24) is 29.0 Å². The number of ether oxygens (including phenoxy) is 3. The number of aromatic nitrogens is 5. The number of benzene rings is 2. The maximum absolute atomic E-state index is 14.3. The Morgan fingerprint density at radius 2 is 1.90 bits per heavy atom. The van der Waals surface area contributed by atoms with Gasteiger partial charge in [-0.25, -0.2) is 19.2 Å². The van der Waals surface area contributed by atoms with Crippen LogP contribution >= 0.6 is 11.6 Å². The van der Waals surface area contributed by atoms with Crippen molar-refractivity contribution in [2.75, 3.05) is 32.2 Å². The van der Waals surface area contributed by atoms with Crippen LogP contribution in [0.25, 0.3) is 11.0 Å². The summed E-state index contributed by atoms with van der Waals surface area (Å²) in [5.41, 5.74) is 3.37. The zero-order chi connectivity index (χ0) is 33.4. The van der Waals surface area contributed by atoms with Crippen molar-refractivity contribution in [2.45, 2.75) is 58.1 Å². The molecule has 13 heteroatoms. The average molecular weight is 674 g/mol. The van der Waals surface area contributed by atoms with Gasteiger partial charge in [-0.15, -0.1) is 0 Å². The minimum atomic E-state index is -0.434. The van der Waals surface area contributed by atoms with Gasteiger partial charge in [0.15, 0.2) is 0 Å². The summed E-state index contributed by atoms with van der Waals surface area (Å²) in [5, 5.41) is 0.346. The number of hydrogen-bond donors (Lipinski definition) is 0. The lowest BCUT2D eigenvalue weighted by molar-refractivity contribution is 0.0600. The third-order valence-corrected chi connectivity index (χ3v) is 9.67. The molecule has 2 atom stereocenters. The number of carbonyl (C=O) groups is 1. The van der Waals surface area contributed by atoms with Crippen LogP contribution in [-0.2, 0) is 31.0 Å². The summed E-state index contributed by atoms with van der Waals surface area (Å²) in [6, 6.07) is 14.4. The zero-order valence-electron chi connectivity index (χ0n) is 27.1. The third-order valence-electron chi connectivity index (χ3n) is 9.44. The van der Waals surface area contributed by atoms with Gasteiger partial charge in [0.05, 0.1) is 50.4 Å². The van der Waals surface area contributed by atoms with Gasteiger partial charge in [0.2, 0.25) is 5.88 Å². The normalized spacial score (nSPS) is 17.6. The van der Waals surface area contributed by atoms with Gasteiger partial charge in [-0.3, -0.25) is 4.90 Å². The second-order valence-electron chi connectivity index (χ2n) is 12.1. The highest BCUT2D eigenvalue weighted by Gasteiger charge is 2.44. The smallest absolute Gasteiger partial charge is 0.338 e. The molecule has 1 saturated heterocycles. The molecular formula is C35H37ClFN7O4. The number of nitrogens with zero attached hydrogens (tertiary/aromatic N) is 7. The van der Waals surface area contributed by atoms with Gasteiger partial charge in [0.1, 0.15) is 35.3 Å². The van der Waals surface area contributed by atoms with Crippen LogP contribution in [-0.4, -0.2) is 74.3 Å². The van der Waals surface area contributed by atoms with Crippen LogP contribution in [0.3, 0.4) is 0 Å². The molecule has 7 rings (SSSR count). The van der Waals surface area contributed by atoms with Crippen LogP contribution in [0.4, 0.5) is 10.2 Å². The molecule has 48 heavy (non-hydrogen) atoms. The third kappa shape index (κ3) is 6.06. The molecule has 5 aromatic rings. The van der Waals surface area contributed by atoms with E-state index in [1.54, 1.807) is 31.4 Å². The molecule has 0 spiro atoms. The fraction of sp³-hybridized carbons (Fsp3) is 0.371. The first-order chi connectivity index (χ1) is 23.4. The summed E-state index contributed by atoms with van der Waals surface area (Å²) >= 11 is 5.90. The Morgan fingerprint density at radius 1 is 1.04 bits per heavy atom. The molecule has 0 bridgehead atoms. The fourth-order valence-electron chi connectivity index (χ4n) is 6.77. The number of halogens is 2. The lowest BCUT2D eigenvalue weighted by Gasteiger charge is -2.54. The van der Waals surface area contributed by atoms with Gasteiger partial charge >= 0.3 is 5.97 Å². The van der Waals surface area contributed by atoms with E-state index in [-0.39, 0.29) is 12.6 Å². The molecule has 0 unspecified atom stereocenters.